The molecule has 3 heterocycles. The second kappa shape index (κ2) is 8.69. The Balaban J connectivity index is 1.58. The lowest BCUT2D eigenvalue weighted by molar-refractivity contribution is -0.125. The van der Waals surface area contributed by atoms with Gasteiger partial charge in [-0.1, -0.05) is 19.9 Å². The maximum Gasteiger partial charge on any atom is 0.273 e. The molecule has 7 nitrogen and oxygen atoms in total. The van der Waals surface area contributed by atoms with Gasteiger partial charge < -0.3 is 20.3 Å². The fourth-order valence-electron chi connectivity index (χ4n) is 3.40. The number of aromatic nitrogens is 1. The Bertz CT molecular complexity index is 686. The summed E-state index contributed by atoms with van der Waals surface area (Å²) in [7, 11) is 0. The maximum absolute atomic E-state index is 12.8. The number of fused-ring (bicyclic) bond motifs is 1. The summed E-state index contributed by atoms with van der Waals surface area (Å²) in [5, 5.41) is 6.25. The normalized spacial score (nSPS) is 18.5. The highest BCUT2D eigenvalue weighted by atomic mass is 16.5. The third-order valence-corrected chi connectivity index (χ3v) is 5.23. The Morgan fingerprint density at radius 3 is 2.74 bits per heavy atom. The minimum Gasteiger partial charge on any atom is -0.381 e. The molecule has 2 aliphatic rings. The Morgan fingerprint density at radius 1 is 1.30 bits per heavy atom. The van der Waals surface area contributed by atoms with Crippen LogP contribution in [-0.2, 0) is 16.1 Å². The van der Waals surface area contributed by atoms with Crippen molar-refractivity contribution in [2.75, 3.05) is 31.6 Å². The van der Waals surface area contributed by atoms with Crippen LogP contribution < -0.4 is 10.6 Å². The summed E-state index contributed by atoms with van der Waals surface area (Å²) in [6.45, 7) is 9.40. The number of ether oxygens (including phenoxy) is 1. The Labute approximate surface area is 160 Å². The van der Waals surface area contributed by atoms with Crippen LogP contribution in [0.3, 0.4) is 0 Å². The molecule has 0 saturated carbocycles. The van der Waals surface area contributed by atoms with Crippen molar-refractivity contribution >= 4 is 17.6 Å². The molecule has 2 amide bonds. The predicted octanol–water partition coefficient (Wildman–Crippen LogP) is 2.04. The lowest BCUT2D eigenvalue weighted by Crippen LogP contribution is -2.46. The van der Waals surface area contributed by atoms with E-state index in [1.54, 1.807) is 11.8 Å². The van der Waals surface area contributed by atoms with Crippen LogP contribution in [-0.4, -0.2) is 54.0 Å². The van der Waals surface area contributed by atoms with E-state index < -0.39 is 6.04 Å². The number of nitrogens with one attached hydrogen (secondary N) is 2. The number of amides is 2. The first-order valence-electron chi connectivity index (χ1n) is 9.86. The van der Waals surface area contributed by atoms with E-state index in [0.29, 0.717) is 36.4 Å². The average Bonchev–Trinajstić information content (AvgIpc) is 3.01. The molecule has 27 heavy (non-hydrogen) atoms. The molecule has 0 spiro atoms. The van der Waals surface area contributed by atoms with Gasteiger partial charge in [0.15, 0.2) is 0 Å². The predicted molar refractivity (Wildman–Crippen MR) is 103 cm³/mol. The number of anilines is 1. The van der Waals surface area contributed by atoms with E-state index in [1.165, 1.54) is 0 Å². The van der Waals surface area contributed by atoms with Crippen molar-refractivity contribution in [2.24, 2.45) is 11.8 Å². The lowest BCUT2D eigenvalue weighted by Gasteiger charge is -2.26. The molecular weight excluding hydrogens is 344 g/mol. The van der Waals surface area contributed by atoms with Gasteiger partial charge in [0.2, 0.25) is 5.91 Å². The van der Waals surface area contributed by atoms with Crippen LogP contribution in [0.4, 0.5) is 5.82 Å². The fourth-order valence-corrected chi connectivity index (χ4v) is 3.40. The fraction of sp³-hybridized carbons (Fsp3) is 0.650. The summed E-state index contributed by atoms with van der Waals surface area (Å²) in [5.41, 5.74) is 1.33. The molecule has 1 saturated heterocycles. The van der Waals surface area contributed by atoms with E-state index in [-0.39, 0.29) is 11.8 Å². The van der Waals surface area contributed by atoms with E-state index in [1.807, 2.05) is 12.1 Å². The number of pyridine rings is 1. The average molecular weight is 374 g/mol. The monoisotopic (exact) mass is 374 g/mol. The van der Waals surface area contributed by atoms with Crippen molar-refractivity contribution in [3.05, 3.63) is 23.4 Å². The van der Waals surface area contributed by atoms with Gasteiger partial charge in [-0.25, -0.2) is 4.98 Å². The minimum absolute atomic E-state index is 0.110. The molecule has 2 aliphatic heterocycles. The quantitative estimate of drug-likeness (QED) is 0.763. The van der Waals surface area contributed by atoms with Crippen LogP contribution in [0, 0.1) is 11.8 Å². The molecule has 0 unspecified atom stereocenters. The molecule has 1 aromatic heterocycles. The van der Waals surface area contributed by atoms with Gasteiger partial charge in [-0.3, -0.25) is 9.59 Å². The third kappa shape index (κ3) is 4.77. The van der Waals surface area contributed by atoms with Crippen LogP contribution >= 0.6 is 0 Å². The van der Waals surface area contributed by atoms with Gasteiger partial charge in [0.05, 0.1) is 0 Å². The Kier molecular flexibility index (Phi) is 6.31. The molecule has 0 bridgehead atoms. The highest BCUT2D eigenvalue weighted by molar-refractivity contribution is 5.99. The van der Waals surface area contributed by atoms with E-state index >= 15 is 0 Å². The smallest absolute Gasteiger partial charge is 0.273 e. The van der Waals surface area contributed by atoms with Crippen LogP contribution in [0.15, 0.2) is 12.1 Å². The molecule has 2 N–H and O–H groups in total. The molecule has 1 atom stereocenters. The van der Waals surface area contributed by atoms with E-state index in [2.05, 4.69) is 29.5 Å². The van der Waals surface area contributed by atoms with Crippen LogP contribution in [0.2, 0.25) is 0 Å². The molecule has 7 heteroatoms. The van der Waals surface area contributed by atoms with Crippen LogP contribution in [0.1, 0.15) is 49.7 Å². The van der Waals surface area contributed by atoms with Gasteiger partial charge in [0.25, 0.3) is 5.91 Å². The van der Waals surface area contributed by atoms with Gasteiger partial charge >= 0.3 is 0 Å². The molecule has 0 aromatic carbocycles. The number of hydrogen-bond donors (Lipinski definition) is 2. The number of carbonyl (C=O) groups excluding carboxylic acids is 2. The van der Waals surface area contributed by atoms with Crippen molar-refractivity contribution in [1.29, 1.82) is 0 Å². The zero-order valence-corrected chi connectivity index (χ0v) is 16.5. The first-order chi connectivity index (χ1) is 13.0. The van der Waals surface area contributed by atoms with Crippen molar-refractivity contribution in [3.63, 3.8) is 0 Å². The van der Waals surface area contributed by atoms with Gasteiger partial charge in [-0.2, -0.15) is 0 Å². The number of rotatable bonds is 7. The summed E-state index contributed by atoms with van der Waals surface area (Å²) < 4.78 is 5.35. The van der Waals surface area contributed by atoms with Crippen molar-refractivity contribution in [1.82, 2.24) is 15.2 Å². The highest BCUT2D eigenvalue weighted by Gasteiger charge is 2.35. The number of carbonyl (C=O) groups is 2. The first kappa shape index (κ1) is 19.6. The van der Waals surface area contributed by atoms with Crippen molar-refractivity contribution in [3.8, 4) is 0 Å². The number of nitrogens with zero attached hydrogens (tertiary/aromatic N) is 2. The topological polar surface area (TPSA) is 83.6 Å². The second-order valence-corrected chi connectivity index (χ2v) is 7.89. The molecule has 0 radical (unpaired) electrons. The second-order valence-electron chi connectivity index (χ2n) is 7.89. The van der Waals surface area contributed by atoms with Crippen molar-refractivity contribution < 1.29 is 14.3 Å². The Hall–Kier alpha value is -2.15. The minimum atomic E-state index is -0.515. The van der Waals surface area contributed by atoms with E-state index in [0.717, 1.165) is 38.2 Å². The summed E-state index contributed by atoms with van der Waals surface area (Å²) in [6.07, 6.45) is 1.94. The largest absolute Gasteiger partial charge is 0.381 e. The van der Waals surface area contributed by atoms with Crippen molar-refractivity contribution in [2.45, 2.75) is 46.2 Å². The molecular formula is C20H30N4O3. The molecule has 1 aromatic rings. The third-order valence-electron chi connectivity index (χ3n) is 5.23. The zero-order chi connectivity index (χ0) is 19.4. The number of hydrogen-bond acceptors (Lipinski definition) is 5. The van der Waals surface area contributed by atoms with Gasteiger partial charge in [0, 0.05) is 38.4 Å². The highest BCUT2D eigenvalue weighted by Crippen LogP contribution is 2.25. The summed E-state index contributed by atoms with van der Waals surface area (Å²) in [4.78, 5) is 31.4. The van der Waals surface area contributed by atoms with E-state index in [9.17, 15) is 9.59 Å². The lowest BCUT2D eigenvalue weighted by atomic mass is 10.0. The van der Waals surface area contributed by atoms with Crippen LogP contribution in [0.5, 0.6) is 0 Å². The molecule has 0 aliphatic carbocycles. The maximum atomic E-state index is 12.8. The summed E-state index contributed by atoms with van der Waals surface area (Å²) in [5.74, 6) is 1.37. The first-order valence-corrected chi connectivity index (χ1v) is 9.86. The van der Waals surface area contributed by atoms with Crippen LogP contribution in [0.25, 0.3) is 0 Å². The van der Waals surface area contributed by atoms with E-state index in [4.69, 9.17) is 4.74 Å². The van der Waals surface area contributed by atoms with Gasteiger partial charge in [-0.05, 0) is 37.7 Å². The Morgan fingerprint density at radius 2 is 2.04 bits per heavy atom. The zero-order valence-electron chi connectivity index (χ0n) is 16.5. The SMILES string of the molecule is CC(C)CNc1ccc2c(n1)C(=O)N([C@H](C)C(=O)NCC1CCOCC1)C2. The van der Waals surface area contributed by atoms with Gasteiger partial charge in [0.1, 0.15) is 17.6 Å². The summed E-state index contributed by atoms with van der Waals surface area (Å²) in [6, 6.07) is 3.31. The molecule has 3 rings (SSSR count). The molecule has 1 fully saturated rings. The van der Waals surface area contributed by atoms with Gasteiger partial charge in [-0.15, -0.1) is 0 Å². The molecule has 148 valence electrons. The standard InChI is InChI=1S/C20H30N4O3/c1-13(2)10-21-17-5-4-16-12-24(20(26)18(16)23-17)14(3)19(25)22-11-15-6-8-27-9-7-15/h4-5,13-15H,6-12H2,1-3H3,(H,21,23)(H,22,25)/t14-/m1/s1. The summed E-state index contributed by atoms with van der Waals surface area (Å²) >= 11 is 0.